The summed E-state index contributed by atoms with van der Waals surface area (Å²) in [6, 6.07) is 3.98. The first-order valence-electron chi connectivity index (χ1n) is 23.8. The van der Waals surface area contributed by atoms with Crippen molar-refractivity contribution in [3.8, 4) is 34.5 Å². The van der Waals surface area contributed by atoms with Crippen LogP contribution in [0.2, 0.25) is 0 Å². The highest BCUT2D eigenvalue weighted by Crippen LogP contribution is 2.43. The Kier molecular flexibility index (Phi) is 31.3. The van der Waals surface area contributed by atoms with Gasteiger partial charge in [-0.3, -0.25) is 9.11 Å². The molecule has 0 radical (unpaired) electrons. The van der Waals surface area contributed by atoms with Crippen molar-refractivity contribution in [3.63, 3.8) is 0 Å². The number of hydrogen-bond donors (Lipinski definition) is 2. The number of benzene rings is 2. The van der Waals surface area contributed by atoms with E-state index >= 15 is 0 Å². The zero-order valence-corrected chi connectivity index (χ0v) is 43.2. The Labute approximate surface area is 384 Å². The molecule has 2 aromatic rings. The zero-order chi connectivity index (χ0) is 48.0. The van der Waals surface area contributed by atoms with Gasteiger partial charge in [0.15, 0.2) is 34.5 Å². The molecule has 2 N–H and O–H groups in total. The molecular formula is C48H90N2O11S2+2. The highest BCUT2D eigenvalue weighted by molar-refractivity contribution is 7.86. The van der Waals surface area contributed by atoms with Crippen molar-refractivity contribution in [2.24, 2.45) is 0 Å². The molecular weight excluding hydrogens is 845 g/mol. The van der Waals surface area contributed by atoms with Crippen LogP contribution >= 0.6 is 0 Å². The first-order valence-corrected chi connectivity index (χ1v) is 26.7. The molecule has 0 fully saturated rings. The number of ether oxygens (including phenoxy) is 5. The monoisotopic (exact) mass is 935 g/mol. The van der Waals surface area contributed by atoms with Crippen LogP contribution in [0.5, 0.6) is 34.5 Å². The lowest BCUT2D eigenvalue weighted by molar-refractivity contribution is -0.929. The molecule has 0 spiro atoms. The first kappa shape index (κ1) is 60.2. The molecule has 0 aliphatic carbocycles. The van der Waals surface area contributed by atoms with Crippen molar-refractivity contribution in [1.29, 1.82) is 0 Å². The second-order valence-electron chi connectivity index (χ2n) is 16.7. The van der Waals surface area contributed by atoms with E-state index < -0.39 is 41.5 Å². The highest BCUT2D eigenvalue weighted by Gasteiger charge is 2.28. The Morgan fingerprint density at radius 3 is 0.714 bits per heavy atom. The van der Waals surface area contributed by atoms with Crippen molar-refractivity contribution < 1.29 is 58.6 Å². The van der Waals surface area contributed by atoms with E-state index in [9.17, 15) is 25.9 Å². The van der Waals surface area contributed by atoms with Gasteiger partial charge in [-0.1, -0.05) is 107 Å². The lowest BCUT2D eigenvalue weighted by Crippen LogP contribution is -2.50. The van der Waals surface area contributed by atoms with E-state index in [2.05, 4.69) is 55.4 Å². The molecule has 63 heavy (non-hydrogen) atoms. The second kappa shape index (κ2) is 32.8. The van der Waals surface area contributed by atoms with Crippen molar-refractivity contribution in [3.05, 3.63) is 24.3 Å². The van der Waals surface area contributed by atoms with Gasteiger partial charge in [-0.05, 0) is 51.4 Å². The van der Waals surface area contributed by atoms with E-state index in [-0.39, 0.29) is 23.0 Å². The van der Waals surface area contributed by atoms with E-state index in [0.717, 1.165) is 24.3 Å². The molecule has 0 saturated heterocycles. The van der Waals surface area contributed by atoms with Gasteiger partial charge in [0.1, 0.15) is 9.79 Å². The van der Waals surface area contributed by atoms with Crippen LogP contribution in [0.4, 0.5) is 0 Å². The zero-order valence-electron chi connectivity index (χ0n) is 41.6. The van der Waals surface area contributed by atoms with Crippen LogP contribution in [0.1, 0.15) is 158 Å². The maximum Gasteiger partial charge on any atom is 0.298 e. The van der Waals surface area contributed by atoms with Gasteiger partial charge in [0.25, 0.3) is 20.2 Å². The van der Waals surface area contributed by atoms with Crippen LogP contribution in [0.15, 0.2) is 34.1 Å². The Bertz CT molecular complexity index is 1540. The number of methoxy groups -OCH3 is 4. The molecule has 0 aromatic heterocycles. The van der Waals surface area contributed by atoms with Gasteiger partial charge in [-0.2, -0.15) is 16.8 Å². The van der Waals surface area contributed by atoms with Crippen LogP contribution < -0.4 is 23.7 Å². The fourth-order valence-electron chi connectivity index (χ4n) is 7.65. The molecule has 15 heteroatoms. The highest BCUT2D eigenvalue weighted by atomic mass is 32.2. The van der Waals surface area contributed by atoms with Crippen LogP contribution in [0, 0.1) is 0 Å². The molecule has 0 bridgehead atoms. The van der Waals surface area contributed by atoms with Crippen LogP contribution in [0.3, 0.4) is 0 Å². The minimum atomic E-state index is -4.82. The topological polar surface area (TPSA) is 155 Å². The Morgan fingerprint density at radius 2 is 0.556 bits per heavy atom. The normalized spacial score (nSPS) is 11.8. The summed E-state index contributed by atoms with van der Waals surface area (Å²) in [6.07, 6.45) is 22.1. The van der Waals surface area contributed by atoms with Gasteiger partial charge in [-0.15, -0.1) is 0 Å². The van der Waals surface area contributed by atoms with Gasteiger partial charge in [0, 0.05) is 24.3 Å². The summed E-state index contributed by atoms with van der Waals surface area (Å²) < 4.78 is 94.6. The number of rotatable bonds is 32. The Balaban J connectivity index is 0.000000978. The molecule has 368 valence electrons. The molecule has 0 heterocycles. The van der Waals surface area contributed by atoms with Gasteiger partial charge in [-0.25, -0.2) is 0 Å². The molecule has 13 nitrogen and oxygen atoms in total. The summed E-state index contributed by atoms with van der Waals surface area (Å²) in [6.45, 7) is 30.0. The Morgan fingerprint density at radius 1 is 0.365 bits per heavy atom. The number of nitrogens with zero attached hydrogens (tertiary/aromatic N) is 2. The van der Waals surface area contributed by atoms with Crippen molar-refractivity contribution in [2.45, 2.75) is 168 Å². The summed E-state index contributed by atoms with van der Waals surface area (Å²) in [5.41, 5.74) is 0. The predicted molar refractivity (Wildman–Crippen MR) is 258 cm³/mol. The third-order valence-electron chi connectivity index (χ3n) is 11.6. The summed E-state index contributed by atoms with van der Waals surface area (Å²) in [4.78, 5) is -1.46. The standard InChI is InChI=1S/2C16H36N.C16H18O11S2/c2*1-5-9-13-17(14-10-6-2,15-11-7-3)16-12-8-4;1-23-9-5-13(15(28(17,18)19)7-11(9)25-3)27-14-6-10(24-2)12(26-4)8-16(14)29(20,21)22/h2*5-16H2,1-4H3;5-8H,1-4H3,(H,17,18,19)(H,20,21,22)/q2*+1;. The Hall–Kier alpha value is -2.82. The van der Waals surface area contributed by atoms with E-state index in [1.54, 1.807) is 0 Å². The molecule has 0 atom stereocenters. The lowest BCUT2D eigenvalue weighted by atomic mass is 10.1. The minimum absolute atomic E-state index is 0.0313. The van der Waals surface area contributed by atoms with Crippen molar-refractivity contribution >= 4 is 20.2 Å². The average Bonchev–Trinajstić information content (AvgIpc) is 3.27. The van der Waals surface area contributed by atoms with Crippen LogP contribution in [-0.2, 0) is 20.2 Å². The third kappa shape index (κ3) is 22.3. The summed E-state index contributed by atoms with van der Waals surface area (Å²) in [5, 5.41) is 0. The van der Waals surface area contributed by atoms with E-state index in [1.807, 2.05) is 0 Å². The summed E-state index contributed by atoms with van der Waals surface area (Å²) in [5.74, 6) is -0.998. The molecule has 0 saturated carbocycles. The van der Waals surface area contributed by atoms with Gasteiger partial charge >= 0.3 is 0 Å². The van der Waals surface area contributed by atoms with Crippen molar-refractivity contribution in [2.75, 3.05) is 80.8 Å². The van der Waals surface area contributed by atoms with Gasteiger partial charge < -0.3 is 32.7 Å². The van der Waals surface area contributed by atoms with E-state index in [4.69, 9.17) is 23.7 Å². The third-order valence-corrected chi connectivity index (χ3v) is 13.3. The molecule has 0 amide bonds. The summed E-state index contributed by atoms with van der Waals surface area (Å²) >= 11 is 0. The largest absolute Gasteiger partial charge is 0.493 e. The lowest BCUT2D eigenvalue weighted by Gasteiger charge is -2.39. The van der Waals surface area contributed by atoms with Crippen LogP contribution in [0.25, 0.3) is 0 Å². The molecule has 0 aliphatic heterocycles. The second-order valence-corrected chi connectivity index (χ2v) is 19.4. The van der Waals surface area contributed by atoms with Gasteiger partial charge in [0.05, 0.1) is 80.8 Å². The van der Waals surface area contributed by atoms with Crippen molar-refractivity contribution in [1.82, 2.24) is 0 Å². The SMILES string of the molecule is CCCC[N+](CCCC)(CCCC)CCCC.CCCC[N+](CCCC)(CCCC)CCCC.COc1cc(Oc2cc(OC)c(OC)cc2S(=O)(=O)O)c(S(=O)(=O)O)cc1OC. The number of hydrogen-bond acceptors (Lipinski definition) is 9. The summed E-state index contributed by atoms with van der Waals surface area (Å²) in [7, 11) is -4.59. The average molecular weight is 935 g/mol. The molecule has 0 aliphatic rings. The fourth-order valence-corrected chi connectivity index (χ4v) is 8.88. The number of unbranched alkanes of at least 4 members (excludes halogenated alkanes) is 8. The maximum atomic E-state index is 11.8. The van der Waals surface area contributed by atoms with Gasteiger partial charge in [0.2, 0.25) is 0 Å². The van der Waals surface area contributed by atoms with E-state index in [0.29, 0.717) is 0 Å². The quantitative estimate of drug-likeness (QED) is 0.0532. The number of quaternary nitrogens is 2. The van der Waals surface area contributed by atoms with E-state index in [1.165, 1.54) is 192 Å². The predicted octanol–water partition coefficient (Wildman–Crippen LogP) is 12.0. The molecule has 2 aromatic carbocycles. The van der Waals surface area contributed by atoms with Crippen LogP contribution in [-0.4, -0.2) is 116 Å². The smallest absolute Gasteiger partial charge is 0.298 e. The molecule has 0 unspecified atom stereocenters. The molecule has 2 rings (SSSR count). The maximum absolute atomic E-state index is 11.8. The minimum Gasteiger partial charge on any atom is -0.493 e. The first-order chi connectivity index (χ1) is 29.9. The fraction of sp³-hybridized carbons (Fsp3) is 0.750.